The standard InChI is InChI=1S/C14H22N2O2/c1-15-9-13-11-18-8-7-16(13)10-12-5-3-4-6-14(12)17-2/h3-6,13,15H,7-11H2,1-2H3. The van der Waals surface area contributed by atoms with Crippen LogP contribution in [0.15, 0.2) is 24.3 Å². The van der Waals surface area contributed by atoms with E-state index in [0.717, 1.165) is 38.6 Å². The minimum Gasteiger partial charge on any atom is -0.496 e. The van der Waals surface area contributed by atoms with Gasteiger partial charge in [-0.1, -0.05) is 18.2 Å². The van der Waals surface area contributed by atoms with Crippen molar-refractivity contribution in [3.63, 3.8) is 0 Å². The Morgan fingerprint density at radius 1 is 1.44 bits per heavy atom. The van der Waals surface area contributed by atoms with Crippen LogP contribution in [-0.4, -0.2) is 51.4 Å². The summed E-state index contributed by atoms with van der Waals surface area (Å²) in [7, 11) is 3.71. The molecular weight excluding hydrogens is 228 g/mol. The van der Waals surface area contributed by atoms with Crippen molar-refractivity contribution in [2.24, 2.45) is 0 Å². The number of nitrogens with zero attached hydrogens (tertiary/aromatic N) is 1. The number of nitrogens with one attached hydrogen (secondary N) is 1. The highest BCUT2D eigenvalue weighted by molar-refractivity contribution is 5.33. The normalized spacial score (nSPS) is 20.9. The summed E-state index contributed by atoms with van der Waals surface area (Å²) in [6, 6.07) is 8.65. The Morgan fingerprint density at radius 2 is 2.28 bits per heavy atom. The molecule has 18 heavy (non-hydrogen) atoms. The number of ether oxygens (including phenoxy) is 2. The second-order valence-electron chi connectivity index (χ2n) is 4.57. The second kappa shape index (κ2) is 6.73. The predicted octanol–water partition coefficient (Wildman–Crippen LogP) is 1.12. The van der Waals surface area contributed by atoms with Crippen molar-refractivity contribution in [1.29, 1.82) is 0 Å². The minimum atomic E-state index is 0.439. The summed E-state index contributed by atoms with van der Waals surface area (Å²) >= 11 is 0. The summed E-state index contributed by atoms with van der Waals surface area (Å²) < 4.78 is 11.0. The summed E-state index contributed by atoms with van der Waals surface area (Å²) in [5.41, 5.74) is 1.24. The zero-order chi connectivity index (χ0) is 12.8. The third-order valence-corrected chi connectivity index (χ3v) is 3.36. The smallest absolute Gasteiger partial charge is 0.123 e. The lowest BCUT2D eigenvalue weighted by Crippen LogP contribution is -2.49. The van der Waals surface area contributed by atoms with E-state index < -0.39 is 0 Å². The van der Waals surface area contributed by atoms with Crippen molar-refractivity contribution in [2.75, 3.05) is 40.5 Å². The Kier molecular flexibility index (Phi) is 4.99. The molecule has 1 heterocycles. The van der Waals surface area contributed by atoms with E-state index in [-0.39, 0.29) is 0 Å². The molecule has 0 amide bonds. The first-order valence-electron chi connectivity index (χ1n) is 6.43. The molecular formula is C14H22N2O2. The first kappa shape index (κ1) is 13.3. The fraction of sp³-hybridized carbons (Fsp3) is 0.571. The van der Waals surface area contributed by atoms with Crippen molar-refractivity contribution in [1.82, 2.24) is 10.2 Å². The molecule has 1 aliphatic rings. The monoisotopic (exact) mass is 250 g/mol. The van der Waals surface area contributed by atoms with E-state index in [4.69, 9.17) is 9.47 Å². The molecule has 0 aliphatic carbocycles. The topological polar surface area (TPSA) is 33.7 Å². The van der Waals surface area contributed by atoms with Crippen LogP contribution in [0.2, 0.25) is 0 Å². The number of hydrogen-bond donors (Lipinski definition) is 1. The third-order valence-electron chi connectivity index (χ3n) is 3.36. The highest BCUT2D eigenvalue weighted by Gasteiger charge is 2.23. The van der Waals surface area contributed by atoms with Crippen LogP contribution in [0.4, 0.5) is 0 Å². The largest absolute Gasteiger partial charge is 0.496 e. The number of hydrogen-bond acceptors (Lipinski definition) is 4. The van der Waals surface area contributed by atoms with Gasteiger partial charge in [0.05, 0.1) is 20.3 Å². The van der Waals surface area contributed by atoms with Crippen LogP contribution in [0, 0.1) is 0 Å². The van der Waals surface area contributed by atoms with Gasteiger partial charge in [-0.05, 0) is 13.1 Å². The molecule has 0 saturated carbocycles. The lowest BCUT2D eigenvalue weighted by molar-refractivity contribution is -0.0105. The maximum Gasteiger partial charge on any atom is 0.123 e. The van der Waals surface area contributed by atoms with E-state index in [1.165, 1.54) is 5.56 Å². The molecule has 0 radical (unpaired) electrons. The summed E-state index contributed by atoms with van der Waals surface area (Å²) in [6.45, 7) is 4.46. The van der Waals surface area contributed by atoms with Gasteiger partial charge in [-0.3, -0.25) is 4.90 Å². The number of rotatable bonds is 5. The Balaban J connectivity index is 2.05. The van der Waals surface area contributed by atoms with E-state index in [9.17, 15) is 0 Å². The molecule has 1 N–H and O–H groups in total. The Hall–Kier alpha value is -1.10. The Labute approximate surface area is 109 Å². The van der Waals surface area contributed by atoms with Gasteiger partial charge in [0.15, 0.2) is 0 Å². The van der Waals surface area contributed by atoms with Gasteiger partial charge in [0.25, 0.3) is 0 Å². The molecule has 1 atom stereocenters. The first-order valence-corrected chi connectivity index (χ1v) is 6.43. The highest BCUT2D eigenvalue weighted by Crippen LogP contribution is 2.21. The van der Waals surface area contributed by atoms with Crippen LogP contribution in [0.3, 0.4) is 0 Å². The van der Waals surface area contributed by atoms with Gasteiger partial charge in [-0.15, -0.1) is 0 Å². The second-order valence-corrected chi connectivity index (χ2v) is 4.57. The van der Waals surface area contributed by atoms with Crippen molar-refractivity contribution in [3.05, 3.63) is 29.8 Å². The summed E-state index contributed by atoms with van der Waals surface area (Å²) in [5.74, 6) is 0.965. The van der Waals surface area contributed by atoms with Crippen molar-refractivity contribution < 1.29 is 9.47 Å². The molecule has 0 bridgehead atoms. The molecule has 1 fully saturated rings. The van der Waals surface area contributed by atoms with E-state index in [1.807, 2.05) is 19.2 Å². The van der Waals surface area contributed by atoms with Crippen LogP contribution < -0.4 is 10.1 Å². The molecule has 1 unspecified atom stereocenters. The fourth-order valence-corrected chi connectivity index (χ4v) is 2.37. The number of benzene rings is 1. The van der Waals surface area contributed by atoms with Gasteiger partial charge in [0.2, 0.25) is 0 Å². The fourth-order valence-electron chi connectivity index (χ4n) is 2.37. The molecule has 1 saturated heterocycles. The predicted molar refractivity (Wildman–Crippen MR) is 71.9 cm³/mol. The van der Waals surface area contributed by atoms with Crippen LogP contribution in [0.1, 0.15) is 5.56 Å². The number of para-hydroxylation sites is 1. The third kappa shape index (κ3) is 3.22. The van der Waals surface area contributed by atoms with Crippen LogP contribution in [0.25, 0.3) is 0 Å². The molecule has 1 aliphatic heterocycles. The number of methoxy groups -OCH3 is 1. The molecule has 4 heteroatoms. The number of morpholine rings is 1. The van der Waals surface area contributed by atoms with Gasteiger partial charge in [0.1, 0.15) is 5.75 Å². The summed E-state index contributed by atoms with van der Waals surface area (Å²) in [4.78, 5) is 2.46. The van der Waals surface area contributed by atoms with E-state index >= 15 is 0 Å². The van der Waals surface area contributed by atoms with Crippen molar-refractivity contribution in [2.45, 2.75) is 12.6 Å². The molecule has 0 spiro atoms. The van der Waals surface area contributed by atoms with Gasteiger partial charge in [-0.25, -0.2) is 0 Å². The SMILES string of the molecule is CNCC1COCCN1Cc1ccccc1OC. The first-order chi connectivity index (χ1) is 8.85. The molecule has 100 valence electrons. The van der Waals surface area contributed by atoms with Crippen LogP contribution >= 0.6 is 0 Å². The van der Waals surface area contributed by atoms with E-state index in [1.54, 1.807) is 7.11 Å². The van der Waals surface area contributed by atoms with Gasteiger partial charge >= 0.3 is 0 Å². The van der Waals surface area contributed by atoms with Crippen LogP contribution in [0.5, 0.6) is 5.75 Å². The average Bonchev–Trinajstić information content (AvgIpc) is 2.42. The maximum absolute atomic E-state index is 5.55. The maximum atomic E-state index is 5.55. The molecule has 0 aromatic heterocycles. The zero-order valence-corrected chi connectivity index (χ0v) is 11.2. The highest BCUT2D eigenvalue weighted by atomic mass is 16.5. The minimum absolute atomic E-state index is 0.439. The van der Waals surface area contributed by atoms with Crippen molar-refractivity contribution >= 4 is 0 Å². The van der Waals surface area contributed by atoms with Crippen molar-refractivity contribution in [3.8, 4) is 5.75 Å². The molecule has 2 rings (SSSR count). The molecule has 1 aromatic rings. The zero-order valence-electron chi connectivity index (χ0n) is 11.2. The quantitative estimate of drug-likeness (QED) is 0.849. The Bertz CT molecular complexity index is 369. The van der Waals surface area contributed by atoms with E-state index in [2.05, 4.69) is 22.3 Å². The lowest BCUT2D eigenvalue weighted by atomic mass is 10.1. The summed E-state index contributed by atoms with van der Waals surface area (Å²) in [5, 5.41) is 3.23. The van der Waals surface area contributed by atoms with Gasteiger partial charge < -0.3 is 14.8 Å². The van der Waals surface area contributed by atoms with E-state index in [0.29, 0.717) is 6.04 Å². The molecule has 1 aromatic carbocycles. The van der Waals surface area contributed by atoms with Gasteiger partial charge in [0, 0.05) is 31.2 Å². The molecule has 4 nitrogen and oxygen atoms in total. The average molecular weight is 250 g/mol. The lowest BCUT2D eigenvalue weighted by Gasteiger charge is -2.35. The Morgan fingerprint density at radius 3 is 3.06 bits per heavy atom. The summed E-state index contributed by atoms with van der Waals surface area (Å²) in [6.07, 6.45) is 0. The van der Waals surface area contributed by atoms with Crippen LogP contribution in [-0.2, 0) is 11.3 Å². The number of likely N-dealkylation sites (N-methyl/N-ethyl adjacent to an activating group) is 1. The van der Waals surface area contributed by atoms with Gasteiger partial charge in [-0.2, -0.15) is 0 Å².